The van der Waals surface area contributed by atoms with Gasteiger partial charge in [-0.15, -0.1) is 0 Å². The maximum atomic E-state index is 12.0. The van der Waals surface area contributed by atoms with Gasteiger partial charge < -0.3 is 0 Å². The highest BCUT2D eigenvalue weighted by molar-refractivity contribution is 7.92. The van der Waals surface area contributed by atoms with Gasteiger partial charge in [-0.25, -0.2) is 8.42 Å². The molecule has 0 aliphatic rings. The normalized spacial score (nSPS) is 11.8. The molecular weight excluding hydrogens is 272 g/mol. The third-order valence-electron chi connectivity index (χ3n) is 3.17. The Labute approximate surface area is 122 Å². The van der Waals surface area contributed by atoms with Crippen LogP contribution in [0.1, 0.15) is 49.5 Å². The van der Waals surface area contributed by atoms with E-state index >= 15 is 0 Å². The fourth-order valence-corrected chi connectivity index (χ4v) is 3.46. The summed E-state index contributed by atoms with van der Waals surface area (Å²) >= 11 is 0. The Hall–Kier alpha value is -1.16. The van der Waals surface area contributed by atoms with Gasteiger partial charge in [0.25, 0.3) is 0 Å². The number of Topliss-reactive ketones (excluding diaryl/α,β-unsaturated/α-hetero) is 1. The predicted molar refractivity (Wildman–Crippen MR) is 82.9 cm³/mol. The molecule has 0 heterocycles. The van der Waals surface area contributed by atoms with Crippen molar-refractivity contribution in [3.05, 3.63) is 35.4 Å². The minimum absolute atomic E-state index is 0.0876. The molecule has 0 aromatic heterocycles. The zero-order valence-electron chi connectivity index (χ0n) is 12.6. The van der Waals surface area contributed by atoms with Crippen LogP contribution in [0, 0.1) is 5.92 Å². The van der Waals surface area contributed by atoms with Gasteiger partial charge in [0.2, 0.25) is 0 Å². The molecule has 0 atom stereocenters. The molecule has 0 spiro atoms. The van der Waals surface area contributed by atoms with Gasteiger partial charge in [-0.1, -0.05) is 51.5 Å². The molecule has 0 aliphatic heterocycles. The lowest BCUT2D eigenvalue weighted by atomic mass is 10.1. The molecule has 0 aliphatic carbocycles. The summed E-state index contributed by atoms with van der Waals surface area (Å²) in [5.74, 6) is -0.276. The van der Waals surface area contributed by atoms with Gasteiger partial charge >= 0.3 is 0 Å². The van der Waals surface area contributed by atoms with E-state index in [-0.39, 0.29) is 17.3 Å². The molecule has 0 radical (unpaired) electrons. The minimum atomic E-state index is -3.29. The van der Waals surface area contributed by atoms with Crippen molar-refractivity contribution < 1.29 is 13.2 Å². The third kappa shape index (κ3) is 5.87. The Kier molecular flexibility index (Phi) is 6.40. The third-order valence-corrected chi connectivity index (χ3v) is 4.73. The summed E-state index contributed by atoms with van der Waals surface area (Å²) in [7, 11) is -3.29. The highest BCUT2D eigenvalue weighted by Gasteiger charge is 2.18. The molecule has 0 saturated carbocycles. The van der Waals surface area contributed by atoms with Crippen LogP contribution >= 0.6 is 0 Å². The highest BCUT2D eigenvalue weighted by atomic mass is 32.2. The van der Waals surface area contributed by atoms with Gasteiger partial charge in [0.05, 0.1) is 5.75 Å². The lowest BCUT2D eigenvalue weighted by Crippen LogP contribution is -2.20. The van der Waals surface area contributed by atoms with E-state index in [4.69, 9.17) is 0 Å². The summed E-state index contributed by atoms with van der Waals surface area (Å²) in [6.45, 7) is 6.05. The molecule has 1 aromatic carbocycles. The molecule has 1 aromatic rings. The van der Waals surface area contributed by atoms with E-state index in [1.807, 2.05) is 26.0 Å². The van der Waals surface area contributed by atoms with Crippen molar-refractivity contribution in [3.8, 4) is 0 Å². The maximum absolute atomic E-state index is 12.0. The van der Waals surface area contributed by atoms with Crippen LogP contribution in [0.4, 0.5) is 0 Å². The van der Waals surface area contributed by atoms with Crippen LogP contribution in [0.15, 0.2) is 24.3 Å². The first-order valence-electron chi connectivity index (χ1n) is 7.16. The first kappa shape index (κ1) is 16.9. The van der Waals surface area contributed by atoms with Crippen LogP contribution in [-0.2, 0) is 16.3 Å². The first-order chi connectivity index (χ1) is 9.34. The van der Waals surface area contributed by atoms with Gasteiger partial charge in [0, 0.05) is 5.56 Å². The number of aryl methyl sites for hydroxylation is 1. The van der Waals surface area contributed by atoms with Crippen LogP contribution in [0.5, 0.6) is 0 Å². The van der Waals surface area contributed by atoms with Crippen molar-refractivity contribution in [2.75, 3.05) is 11.5 Å². The van der Waals surface area contributed by atoms with Crippen LogP contribution in [0.2, 0.25) is 0 Å². The van der Waals surface area contributed by atoms with Crippen LogP contribution in [0.25, 0.3) is 0 Å². The first-order valence-corrected chi connectivity index (χ1v) is 8.98. The molecule has 20 heavy (non-hydrogen) atoms. The number of ketones is 1. The largest absolute Gasteiger partial charge is 0.293 e. The second-order valence-electron chi connectivity index (χ2n) is 5.64. The number of hydrogen-bond donors (Lipinski definition) is 0. The minimum Gasteiger partial charge on any atom is -0.293 e. The smallest absolute Gasteiger partial charge is 0.177 e. The lowest BCUT2D eigenvalue weighted by Gasteiger charge is -2.06. The summed E-state index contributed by atoms with van der Waals surface area (Å²) in [4.78, 5) is 12.0. The zero-order valence-corrected chi connectivity index (χ0v) is 13.4. The Morgan fingerprint density at radius 1 is 1.15 bits per heavy atom. The van der Waals surface area contributed by atoms with Gasteiger partial charge in [0.1, 0.15) is 5.75 Å². The van der Waals surface area contributed by atoms with Crippen LogP contribution in [-0.4, -0.2) is 25.7 Å². The Morgan fingerprint density at radius 3 is 2.25 bits per heavy atom. The summed E-state index contributed by atoms with van der Waals surface area (Å²) in [6, 6.07) is 7.26. The van der Waals surface area contributed by atoms with Gasteiger partial charge in [-0.2, -0.15) is 0 Å². The van der Waals surface area contributed by atoms with Crippen molar-refractivity contribution in [1.82, 2.24) is 0 Å². The Balaban J connectivity index is 2.66. The number of carbonyl (C=O) groups is 1. The average Bonchev–Trinajstić information content (AvgIpc) is 2.37. The van der Waals surface area contributed by atoms with Crippen LogP contribution in [0.3, 0.4) is 0 Å². The SMILES string of the molecule is CCCc1ccc(C(=O)CS(=O)(=O)CCC(C)C)cc1. The van der Waals surface area contributed by atoms with Crippen molar-refractivity contribution >= 4 is 15.6 Å². The summed E-state index contributed by atoms with van der Waals surface area (Å²) in [6.07, 6.45) is 2.63. The molecular formula is C16H24O3S. The molecule has 4 heteroatoms. The van der Waals surface area contributed by atoms with E-state index in [0.717, 1.165) is 12.8 Å². The molecule has 0 unspecified atom stereocenters. The fourth-order valence-electron chi connectivity index (χ4n) is 1.92. The average molecular weight is 296 g/mol. The van der Waals surface area contributed by atoms with Crippen molar-refractivity contribution in [2.45, 2.75) is 40.0 Å². The molecule has 0 saturated heterocycles. The van der Waals surface area contributed by atoms with E-state index in [1.54, 1.807) is 12.1 Å². The van der Waals surface area contributed by atoms with Gasteiger partial charge in [0.15, 0.2) is 15.6 Å². The monoisotopic (exact) mass is 296 g/mol. The standard InChI is InChI=1S/C16H24O3S/c1-4-5-14-6-8-15(9-7-14)16(17)12-20(18,19)11-10-13(2)3/h6-9,13H,4-5,10-12H2,1-3H3. The molecule has 3 nitrogen and oxygen atoms in total. The van der Waals surface area contributed by atoms with E-state index in [2.05, 4.69) is 6.92 Å². The van der Waals surface area contributed by atoms with Gasteiger partial charge in [-0.05, 0) is 24.3 Å². The van der Waals surface area contributed by atoms with E-state index in [0.29, 0.717) is 17.9 Å². The topological polar surface area (TPSA) is 51.2 Å². The highest BCUT2D eigenvalue weighted by Crippen LogP contribution is 2.10. The van der Waals surface area contributed by atoms with Crippen LogP contribution < -0.4 is 0 Å². The predicted octanol–water partition coefficient (Wildman–Crippen LogP) is 3.28. The summed E-state index contributed by atoms with van der Waals surface area (Å²) < 4.78 is 23.7. The quantitative estimate of drug-likeness (QED) is 0.692. The number of benzene rings is 1. The fraction of sp³-hybridized carbons (Fsp3) is 0.562. The molecule has 0 fully saturated rings. The van der Waals surface area contributed by atoms with E-state index < -0.39 is 9.84 Å². The number of rotatable bonds is 8. The molecule has 0 N–H and O–H groups in total. The van der Waals surface area contributed by atoms with Gasteiger partial charge in [-0.3, -0.25) is 4.79 Å². The Morgan fingerprint density at radius 2 is 1.75 bits per heavy atom. The van der Waals surface area contributed by atoms with E-state index in [1.165, 1.54) is 5.56 Å². The second kappa shape index (κ2) is 7.58. The molecule has 112 valence electrons. The summed E-state index contributed by atoms with van der Waals surface area (Å²) in [5, 5.41) is 0. The summed E-state index contributed by atoms with van der Waals surface area (Å²) in [5.41, 5.74) is 1.66. The number of sulfone groups is 1. The molecule has 0 bridgehead atoms. The van der Waals surface area contributed by atoms with E-state index in [9.17, 15) is 13.2 Å². The Bertz CT molecular complexity index is 527. The van der Waals surface area contributed by atoms with Crippen molar-refractivity contribution in [1.29, 1.82) is 0 Å². The maximum Gasteiger partial charge on any atom is 0.177 e. The number of hydrogen-bond acceptors (Lipinski definition) is 3. The van der Waals surface area contributed by atoms with Crippen molar-refractivity contribution in [3.63, 3.8) is 0 Å². The number of carbonyl (C=O) groups excluding carboxylic acids is 1. The molecule has 1 rings (SSSR count). The lowest BCUT2D eigenvalue weighted by molar-refractivity contribution is 0.102. The molecule has 0 amide bonds. The second-order valence-corrected chi connectivity index (χ2v) is 7.83. The van der Waals surface area contributed by atoms with Crippen molar-refractivity contribution in [2.24, 2.45) is 5.92 Å². The zero-order chi connectivity index (χ0) is 15.2.